The number of thioether (sulfide) groups is 2. The lowest BCUT2D eigenvalue weighted by atomic mass is 9.90. The maximum atomic E-state index is 12.3. The van der Waals surface area contributed by atoms with Gasteiger partial charge in [0.2, 0.25) is 0 Å². The summed E-state index contributed by atoms with van der Waals surface area (Å²) >= 11 is 2.88. The zero-order valence-corrected chi connectivity index (χ0v) is 14.3. The van der Waals surface area contributed by atoms with E-state index in [1.807, 2.05) is 30.7 Å². The molecule has 0 aromatic heterocycles. The van der Waals surface area contributed by atoms with Gasteiger partial charge in [-0.05, 0) is 31.9 Å². The molecule has 0 amide bonds. The summed E-state index contributed by atoms with van der Waals surface area (Å²) < 4.78 is 5.84. The third-order valence-corrected chi connectivity index (χ3v) is 4.89. The van der Waals surface area contributed by atoms with Crippen LogP contribution in [-0.4, -0.2) is 40.1 Å². The van der Waals surface area contributed by atoms with Crippen molar-refractivity contribution in [2.45, 2.75) is 25.5 Å². The van der Waals surface area contributed by atoms with Crippen LogP contribution in [0.3, 0.4) is 0 Å². The lowest BCUT2D eigenvalue weighted by molar-refractivity contribution is -0.153. The number of esters is 1. The van der Waals surface area contributed by atoms with Crippen LogP contribution >= 0.6 is 23.5 Å². The summed E-state index contributed by atoms with van der Waals surface area (Å²) in [6, 6.07) is 9.04. The summed E-state index contributed by atoms with van der Waals surface area (Å²) in [5.74, 6) is -0.526. The number of benzene rings is 1. The Morgan fingerprint density at radius 1 is 1.33 bits per heavy atom. The van der Waals surface area contributed by atoms with Gasteiger partial charge in [0.25, 0.3) is 0 Å². The summed E-state index contributed by atoms with van der Waals surface area (Å²) in [4.78, 5) is 16.8. The van der Waals surface area contributed by atoms with Crippen LogP contribution < -0.4 is 0 Å². The first kappa shape index (κ1) is 18.1. The van der Waals surface area contributed by atoms with Crippen molar-refractivity contribution in [3.05, 3.63) is 35.9 Å². The first-order valence-corrected chi connectivity index (χ1v) is 9.02. The normalized spacial score (nSPS) is 14.9. The number of nitrogens with zero attached hydrogens (tertiary/aromatic N) is 1. The Kier molecular flexibility index (Phi) is 7.28. The molecule has 0 bridgehead atoms. The van der Waals surface area contributed by atoms with E-state index in [2.05, 4.69) is 4.99 Å². The minimum atomic E-state index is -1.36. The molecule has 1 aromatic carbocycles. The maximum Gasteiger partial charge on any atom is 0.336 e. The number of aliphatic hydroxyl groups excluding tert-OH is 1. The van der Waals surface area contributed by atoms with Crippen LogP contribution in [0, 0.1) is 0 Å². The second-order valence-corrected chi connectivity index (χ2v) is 6.32. The van der Waals surface area contributed by atoms with Gasteiger partial charge < -0.3 is 9.84 Å². The zero-order valence-electron chi connectivity index (χ0n) is 12.7. The summed E-state index contributed by atoms with van der Waals surface area (Å²) in [6.45, 7) is 3.59. The monoisotopic (exact) mass is 327 g/mol. The second-order valence-electron chi connectivity index (χ2n) is 4.47. The highest BCUT2D eigenvalue weighted by atomic mass is 32.2. The number of hydrogen-bond donors (Lipinski definition) is 1. The van der Waals surface area contributed by atoms with E-state index in [1.54, 1.807) is 26.0 Å². The van der Waals surface area contributed by atoms with Crippen molar-refractivity contribution >= 4 is 33.9 Å². The smallest absolute Gasteiger partial charge is 0.336 e. The van der Waals surface area contributed by atoms with Crippen molar-refractivity contribution in [1.29, 1.82) is 0 Å². The molecule has 1 rings (SSSR count). The van der Waals surface area contributed by atoms with Crippen LogP contribution in [0.1, 0.15) is 25.5 Å². The Morgan fingerprint density at radius 3 is 2.38 bits per heavy atom. The van der Waals surface area contributed by atoms with Crippen LogP contribution in [-0.2, 0) is 9.53 Å². The highest BCUT2D eigenvalue weighted by Gasteiger charge is 2.43. The van der Waals surface area contributed by atoms with Gasteiger partial charge in [-0.3, -0.25) is 4.99 Å². The molecule has 21 heavy (non-hydrogen) atoms. The van der Waals surface area contributed by atoms with Crippen molar-refractivity contribution in [2.75, 3.05) is 19.1 Å². The number of aliphatic imine (C=N–C) groups is 1. The van der Waals surface area contributed by atoms with Crippen LogP contribution in [0.4, 0.5) is 0 Å². The summed E-state index contributed by atoms with van der Waals surface area (Å²) in [5, 5.41) is 10.7. The Hall–Kier alpha value is -0.980. The minimum Gasteiger partial charge on any atom is -0.464 e. The molecule has 0 aliphatic rings. The van der Waals surface area contributed by atoms with Gasteiger partial charge in [0, 0.05) is 0 Å². The van der Waals surface area contributed by atoms with E-state index < -0.39 is 17.6 Å². The predicted octanol–water partition coefficient (Wildman–Crippen LogP) is 3.12. The van der Waals surface area contributed by atoms with Gasteiger partial charge in [0.1, 0.15) is 10.5 Å². The highest BCUT2D eigenvalue weighted by molar-refractivity contribution is 8.38. The molecule has 0 unspecified atom stereocenters. The van der Waals surface area contributed by atoms with Crippen molar-refractivity contribution in [3.63, 3.8) is 0 Å². The lowest BCUT2D eigenvalue weighted by Crippen LogP contribution is -2.42. The number of aliphatic hydroxyl groups is 1. The van der Waals surface area contributed by atoms with Gasteiger partial charge in [-0.15, -0.1) is 23.5 Å². The van der Waals surface area contributed by atoms with Crippen LogP contribution in [0.5, 0.6) is 0 Å². The first-order chi connectivity index (χ1) is 9.99. The Morgan fingerprint density at radius 2 is 1.90 bits per heavy atom. The SMILES string of the molecule is CCOC(=O)[C@@](C)(N=C(SC)SC)[C@H](O)c1ccccc1. The second kappa shape index (κ2) is 8.46. The standard InChI is InChI=1S/C15H21NO3S2/c1-5-19-13(18)15(2,16-14(20-3)21-4)12(17)11-9-7-6-8-10-11/h6-10,12,17H,5H2,1-4H3/t12-,15+/m1/s1. The quantitative estimate of drug-likeness (QED) is 0.511. The van der Waals surface area contributed by atoms with E-state index >= 15 is 0 Å². The zero-order chi connectivity index (χ0) is 15.9. The number of rotatable bonds is 5. The molecule has 1 N–H and O–H groups in total. The van der Waals surface area contributed by atoms with Gasteiger partial charge in [-0.25, -0.2) is 4.79 Å². The molecule has 0 aliphatic carbocycles. The maximum absolute atomic E-state index is 12.3. The van der Waals surface area contributed by atoms with Crippen molar-refractivity contribution in [3.8, 4) is 0 Å². The summed E-state index contributed by atoms with van der Waals surface area (Å²) in [5.41, 5.74) is -0.725. The molecule has 1 aromatic rings. The first-order valence-electron chi connectivity index (χ1n) is 6.57. The van der Waals surface area contributed by atoms with Gasteiger partial charge in [0.15, 0.2) is 5.54 Å². The van der Waals surface area contributed by atoms with Gasteiger partial charge >= 0.3 is 5.97 Å². The molecule has 0 heterocycles. The molecule has 6 heteroatoms. The average Bonchev–Trinajstić information content (AvgIpc) is 2.52. The Bertz CT molecular complexity index is 487. The average molecular weight is 327 g/mol. The highest BCUT2D eigenvalue weighted by Crippen LogP contribution is 2.32. The largest absolute Gasteiger partial charge is 0.464 e. The van der Waals surface area contributed by atoms with E-state index in [0.29, 0.717) is 5.56 Å². The number of ether oxygens (including phenoxy) is 1. The third kappa shape index (κ3) is 4.49. The fraction of sp³-hybridized carbons (Fsp3) is 0.467. The van der Waals surface area contributed by atoms with Gasteiger partial charge in [0.05, 0.1) is 6.61 Å². The number of carbonyl (C=O) groups excluding carboxylic acids is 1. The van der Waals surface area contributed by atoms with Crippen molar-refractivity contribution < 1.29 is 14.6 Å². The molecular formula is C15H21NO3S2. The van der Waals surface area contributed by atoms with Crippen molar-refractivity contribution in [2.24, 2.45) is 4.99 Å². The minimum absolute atomic E-state index is 0.249. The molecule has 2 atom stereocenters. The van der Waals surface area contributed by atoms with Gasteiger partial charge in [-0.2, -0.15) is 0 Å². The van der Waals surface area contributed by atoms with Crippen molar-refractivity contribution in [1.82, 2.24) is 0 Å². The molecule has 0 saturated carbocycles. The fourth-order valence-electron chi connectivity index (χ4n) is 1.82. The van der Waals surface area contributed by atoms with Crippen LogP contribution in [0.25, 0.3) is 0 Å². The lowest BCUT2D eigenvalue weighted by Gasteiger charge is -2.29. The molecule has 4 nitrogen and oxygen atoms in total. The molecular weight excluding hydrogens is 306 g/mol. The molecule has 0 fully saturated rings. The van der Waals surface area contributed by atoms with Crippen LogP contribution in [0.15, 0.2) is 35.3 Å². The predicted molar refractivity (Wildman–Crippen MR) is 90.9 cm³/mol. The van der Waals surface area contributed by atoms with E-state index in [1.165, 1.54) is 23.5 Å². The molecule has 116 valence electrons. The summed E-state index contributed by atoms with van der Waals surface area (Å²) in [7, 11) is 0. The Labute approximate surface area is 134 Å². The molecule has 0 saturated heterocycles. The van der Waals surface area contributed by atoms with Crippen LogP contribution in [0.2, 0.25) is 0 Å². The number of hydrogen-bond acceptors (Lipinski definition) is 6. The third-order valence-electron chi connectivity index (χ3n) is 3.01. The molecule has 0 spiro atoms. The molecule has 0 radical (unpaired) electrons. The van der Waals surface area contributed by atoms with E-state index in [-0.39, 0.29) is 6.61 Å². The van der Waals surface area contributed by atoms with Gasteiger partial charge in [-0.1, -0.05) is 30.3 Å². The van der Waals surface area contributed by atoms with E-state index in [0.717, 1.165) is 4.38 Å². The van der Waals surface area contributed by atoms with E-state index in [4.69, 9.17) is 4.74 Å². The molecule has 0 aliphatic heterocycles. The topological polar surface area (TPSA) is 58.9 Å². The van der Waals surface area contributed by atoms with E-state index in [9.17, 15) is 9.90 Å². The Balaban J connectivity index is 3.24. The number of carbonyl (C=O) groups is 1. The summed E-state index contributed by atoms with van der Waals surface area (Å²) in [6.07, 6.45) is 2.71. The fourth-order valence-corrected chi connectivity index (χ4v) is 3.05.